The Morgan fingerprint density at radius 2 is 2.00 bits per heavy atom. The second-order valence-electron chi connectivity index (χ2n) is 5.61. The van der Waals surface area contributed by atoms with E-state index in [2.05, 4.69) is 0 Å². The first-order valence-electron chi connectivity index (χ1n) is 7.67. The van der Waals surface area contributed by atoms with Crippen molar-refractivity contribution < 1.29 is 23.8 Å². The number of carbonyl (C=O) groups is 2. The quantitative estimate of drug-likeness (QED) is 0.624. The van der Waals surface area contributed by atoms with Gasteiger partial charge in [-0.15, -0.1) is 0 Å². The minimum Gasteiger partial charge on any atom is -0.496 e. The monoisotopic (exact) mass is 326 g/mol. The first-order chi connectivity index (χ1) is 11.6. The lowest BCUT2D eigenvalue weighted by Crippen LogP contribution is -2.27. The largest absolute Gasteiger partial charge is 0.496 e. The predicted octanol–water partition coefficient (Wildman–Crippen LogP) is 2.94. The van der Waals surface area contributed by atoms with E-state index in [0.29, 0.717) is 23.3 Å². The lowest BCUT2D eigenvalue weighted by atomic mass is 10.1. The number of rotatable bonds is 5. The second-order valence-corrected chi connectivity index (χ2v) is 5.61. The molecule has 1 atom stereocenters. The zero-order chi connectivity index (χ0) is 17.1. The maximum absolute atomic E-state index is 12.3. The number of para-hydroxylation sites is 1. The van der Waals surface area contributed by atoms with Crippen molar-refractivity contribution in [2.75, 3.05) is 7.11 Å². The molecule has 0 unspecified atom stereocenters. The fraction of sp³-hybridized carbons (Fsp3) is 0.263. The standard InChI is InChI=1S/C19H18O5/c1-12(20)13-7-8-16(22-2)15(9-13)11-23-19(21)18-10-14-5-3-4-6-17(14)24-18/h3-9,18H,10-11H2,1-2H3/t18-/m1/s1. The minimum absolute atomic E-state index is 0.0271. The fourth-order valence-corrected chi connectivity index (χ4v) is 2.67. The van der Waals surface area contributed by atoms with Gasteiger partial charge in [0.2, 0.25) is 0 Å². The van der Waals surface area contributed by atoms with Gasteiger partial charge in [0, 0.05) is 17.5 Å². The summed E-state index contributed by atoms with van der Waals surface area (Å²) in [6, 6.07) is 12.6. The molecule has 0 aliphatic carbocycles. The van der Waals surface area contributed by atoms with E-state index >= 15 is 0 Å². The van der Waals surface area contributed by atoms with Gasteiger partial charge in [-0.2, -0.15) is 0 Å². The van der Waals surface area contributed by atoms with Crippen molar-refractivity contribution in [2.24, 2.45) is 0 Å². The van der Waals surface area contributed by atoms with Crippen molar-refractivity contribution in [3.63, 3.8) is 0 Å². The van der Waals surface area contributed by atoms with Gasteiger partial charge in [0.15, 0.2) is 11.9 Å². The van der Waals surface area contributed by atoms with E-state index in [1.165, 1.54) is 14.0 Å². The van der Waals surface area contributed by atoms with Crippen molar-refractivity contribution >= 4 is 11.8 Å². The Morgan fingerprint density at radius 1 is 1.21 bits per heavy atom. The molecule has 0 radical (unpaired) electrons. The SMILES string of the molecule is COc1ccc(C(C)=O)cc1COC(=O)[C@H]1Cc2ccccc2O1. The molecule has 124 valence electrons. The van der Waals surface area contributed by atoms with Gasteiger partial charge in [-0.3, -0.25) is 4.79 Å². The highest BCUT2D eigenvalue weighted by atomic mass is 16.6. The summed E-state index contributed by atoms with van der Waals surface area (Å²) >= 11 is 0. The minimum atomic E-state index is -0.635. The molecule has 2 aromatic rings. The molecule has 3 rings (SSSR count). The molecule has 24 heavy (non-hydrogen) atoms. The third-order valence-corrected chi connectivity index (χ3v) is 3.97. The summed E-state index contributed by atoms with van der Waals surface area (Å²) in [4.78, 5) is 23.8. The van der Waals surface area contributed by atoms with Gasteiger partial charge in [-0.05, 0) is 36.8 Å². The van der Waals surface area contributed by atoms with Crippen LogP contribution in [0.1, 0.15) is 28.4 Å². The Hall–Kier alpha value is -2.82. The molecule has 0 spiro atoms. The number of esters is 1. The molecular weight excluding hydrogens is 308 g/mol. The maximum Gasteiger partial charge on any atom is 0.348 e. The summed E-state index contributed by atoms with van der Waals surface area (Å²) < 4.78 is 16.2. The number of fused-ring (bicyclic) bond motifs is 1. The van der Waals surface area contributed by atoms with Gasteiger partial charge >= 0.3 is 5.97 Å². The van der Waals surface area contributed by atoms with Gasteiger partial charge in [-0.25, -0.2) is 4.79 Å². The van der Waals surface area contributed by atoms with Crippen molar-refractivity contribution in [3.05, 3.63) is 59.2 Å². The average Bonchev–Trinajstić information content (AvgIpc) is 3.03. The van der Waals surface area contributed by atoms with Crippen LogP contribution in [-0.4, -0.2) is 25.0 Å². The number of methoxy groups -OCH3 is 1. The van der Waals surface area contributed by atoms with Crippen LogP contribution in [0.5, 0.6) is 11.5 Å². The Morgan fingerprint density at radius 3 is 2.71 bits per heavy atom. The number of carbonyl (C=O) groups excluding carboxylic acids is 2. The van der Waals surface area contributed by atoms with Crippen molar-refractivity contribution in [1.29, 1.82) is 0 Å². The number of hydrogen-bond acceptors (Lipinski definition) is 5. The normalized spacial score (nSPS) is 15.3. The van der Waals surface area contributed by atoms with E-state index in [0.717, 1.165) is 11.3 Å². The topological polar surface area (TPSA) is 61.8 Å². The maximum atomic E-state index is 12.3. The number of ketones is 1. The Labute approximate surface area is 140 Å². The van der Waals surface area contributed by atoms with Gasteiger partial charge in [0.1, 0.15) is 18.1 Å². The van der Waals surface area contributed by atoms with E-state index in [1.54, 1.807) is 18.2 Å². The number of ether oxygens (including phenoxy) is 3. The van der Waals surface area contributed by atoms with Crippen molar-refractivity contribution in [2.45, 2.75) is 26.1 Å². The van der Waals surface area contributed by atoms with Gasteiger partial charge in [-0.1, -0.05) is 18.2 Å². The second kappa shape index (κ2) is 6.74. The molecule has 1 aliphatic rings. The molecular formula is C19H18O5. The molecule has 1 aliphatic heterocycles. The van der Waals surface area contributed by atoms with Crippen molar-refractivity contribution in [1.82, 2.24) is 0 Å². The van der Waals surface area contributed by atoms with Crippen LogP contribution >= 0.6 is 0 Å². The summed E-state index contributed by atoms with van der Waals surface area (Å²) in [6.07, 6.45) is -0.135. The molecule has 5 nitrogen and oxygen atoms in total. The molecule has 1 heterocycles. The van der Waals surface area contributed by atoms with Crippen molar-refractivity contribution in [3.8, 4) is 11.5 Å². The number of Topliss-reactive ketones (excluding diaryl/α,β-unsaturated/α-hetero) is 1. The summed E-state index contributed by atoms with van der Waals surface area (Å²) in [6.45, 7) is 1.51. The number of benzene rings is 2. The molecule has 0 aromatic heterocycles. The fourth-order valence-electron chi connectivity index (χ4n) is 2.67. The zero-order valence-electron chi connectivity index (χ0n) is 13.6. The van der Waals surface area contributed by atoms with E-state index in [-0.39, 0.29) is 12.4 Å². The smallest absolute Gasteiger partial charge is 0.348 e. The van der Waals surface area contributed by atoms with Crippen LogP contribution in [0.2, 0.25) is 0 Å². The van der Waals surface area contributed by atoms with Crippen LogP contribution in [0.25, 0.3) is 0 Å². The molecule has 0 saturated heterocycles. The van der Waals surface area contributed by atoms with Crippen LogP contribution in [0.4, 0.5) is 0 Å². The third-order valence-electron chi connectivity index (χ3n) is 3.97. The molecule has 2 aromatic carbocycles. The Bertz CT molecular complexity index is 756. The lowest BCUT2D eigenvalue weighted by Gasteiger charge is -2.13. The van der Waals surface area contributed by atoms with Gasteiger partial charge < -0.3 is 14.2 Å². The summed E-state index contributed by atoms with van der Waals surface area (Å²) in [5.41, 5.74) is 2.19. The molecule has 0 fully saturated rings. The van der Waals surface area contributed by atoms with Crippen LogP contribution in [0.3, 0.4) is 0 Å². The van der Waals surface area contributed by atoms with Crippen LogP contribution in [0, 0.1) is 0 Å². The van der Waals surface area contributed by atoms with E-state index in [9.17, 15) is 9.59 Å². The summed E-state index contributed by atoms with van der Waals surface area (Å²) in [5.74, 6) is 0.806. The van der Waals surface area contributed by atoms with Crippen LogP contribution in [-0.2, 0) is 22.6 Å². The van der Waals surface area contributed by atoms with E-state index in [4.69, 9.17) is 14.2 Å². The number of hydrogen-bond donors (Lipinski definition) is 0. The molecule has 0 bridgehead atoms. The molecule has 0 saturated carbocycles. The first kappa shape index (κ1) is 16.1. The Kier molecular flexibility index (Phi) is 4.51. The van der Waals surface area contributed by atoms with Gasteiger partial charge in [0.05, 0.1) is 7.11 Å². The first-order valence-corrected chi connectivity index (χ1v) is 7.67. The van der Waals surface area contributed by atoms with E-state index in [1.807, 2.05) is 24.3 Å². The lowest BCUT2D eigenvalue weighted by molar-refractivity contribution is -0.152. The highest BCUT2D eigenvalue weighted by Crippen LogP contribution is 2.29. The third kappa shape index (κ3) is 3.25. The van der Waals surface area contributed by atoms with Crippen LogP contribution < -0.4 is 9.47 Å². The van der Waals surface area contributed by atoms with E-state index < -0.39 is 12.1 Å². The predicted molar refractivity (Wildman–Crippen MR) is 87.4 cm³/mol. The highest BCUT2D eigenvalue weighted by molar-refractivity contribution is 5.94. The Balaban J connectivity index is 1.67. The highest BCUT2D eigenvalue weighted by Gasteiger charge is 2.30. The zero-order valence-corrected chi connectivity index (χ0v) is 13.6. The van der Waals surface area contributed by atoms with Gasteiger partial charge in [0.25, 0.3) is 0 Å². The molecule has 0 amide bonds. The average molecular weight is 326 g/mol. The summed E-state index contributed by atoms with van der Waals surface area (Å²) in [5, 5.41) is 0. The van der Waals surface area contributed by atoms with Crippen LogP contribution in [0.15, 0.2) is 42.5 Å². The molecule has 5 heteroatoms. The summed E-state index contributed by atoms with van der Waals surface area (Å²) in [7, 11) is 1.53. The molecule has 0 N–H and O–H groups in total.